The lowest BCUT2D eigenvalue weighted by atomic mass is 10.1. The van der Waals surface area contributed by atoms with Crippen LogP contribution in [0.3, 0.4) is 0 Å². The van der Waals surface area contributed by atoms with Gasteiger partial charge >= 0.3 is 11.9 Å². The van der Waals surface area contributed by atoms with Crippen molar-refractivity contribution < 1.29 is 29.6 Å². The number of carboxylic acids is 1. The van der Waals surface area contributed by atoms with Crippen molar-refractivity contribution in [3.05, 3.63) is 25.3 Å². The third-order valence-corrected chi connectivity index (χ3v) is 4.14. The van der Waals surface area contributed by atoms with Gasteiger partial charge in [-0.2, -0.15) is 0 Å². The number of ether oxygens (including phenoxy) is 2. The monoisotopic (exact) mass is 432 g/mol. The van der Waals surface area contributed by atoms with Gasteiger partial charge in [-0.25, -0.2) is 0 Å². The number of carbonyl (C=O) groups is 2. The molecule has 0 aromatic heterocycles. The van der Waals surface area contributed by atoms with Crippen molar-refractivity contribution in [3.63, 3.8) is 0 Å². The number of carboxylic acid groups (broad SMARTS) is 1. The molecule has 0 spiro atoms. The Morgan fingerprint density at radius 3 is 1.63 bits per heavy atom. The lowest BCUT2D eigenvalue weighted by Gasteiger charge is -2.03. The van der Waals surface area contributed by atoms with E-state index in [0.717, 1.165) is 44.9 Å². The van der Waals surface area contributed by atoms with Crippen molar-refractivity contribution in [1.29, 1.82) is 0 Å². The Balaban J connectivity index is -0.000000219. The second kappa shape index (κ2) is 32.0. The quantitative estimate of drug-likeness (QED) is 0.156. The molecule has 0 rings (SSSR count). The van der Waals surface area contributed by atoms with Gasteiger partial charge in [0.2, 0.25) is 0 Å². The predicted octanol–water partition coefficient (Wildman–Crippen LogP) is 5.89. The van der Waals surface area contributed by atoms with Crippen LogP contribution in [0.25, 0.3) is 0 Å². The van der Waals surface area contributed by atoms with Crippen molar-refractivity contribution in [2.75, 3.05) is 20.3 Å². The largest absolute Gasteiger partial charge is 0.481 e. The summed E-state index contributed by atoms with van der Waals surface area (Å²) < 4.78 is 9.74. The van der Waals surface area contributed by atoms with Gasteiger partial charge in [0.25, 0.3) is 0 Å². The van der Waals surface area contributed by atoms with Crippen LogP contribution in [-0.2, 0) is 19.1 Å². The number of carbonyl (C=O) groups excluding carboxylic acids is 1. The number of hydrogen-bond donors (Lipinski definition) is 1. The standard InChI is InChI=1S/C13H24O3.C10H18O2.CH4.H2O/c1-3-4-5-6-7-8-9-10-13(14)16-12-11-15-2;1-2-3-4-5-6-7-8-9-10(11)12;;/h3H,1,4-12H2,2H3;2H,1,3-9H2,(H,11,12);1H4;1H2. The number of allylic oxidation sites excluding steroid dienone is 2. The Bertz CT molecular complexity index is 382. The molecule has 0 heterocycles. The lowest BCUT2D eigenvalue weighted by Crippen LogP contribution is -2.09. The van der Waals surface area contributed by atoms with E-state index in [1.165, 1.54) is 32.1 Å². The average Bonchev–Trinajstić information content (AvgIpc) is 2.67. The number of hydrogen-bond acceptors (Lipinski definition) is 4. The molecule has 6 nitrogen and oxygen atoms in total. The van der Waals surface area contributed by atoms with E-state index in [9.17, 15) is 9.59 Å². The van der Waals surface area contributed by atoms with Gasteiger partial charge in [-0.15, -0.1) is 13.2 Å². The third-order valence-electron chi connectivity index (χ3n) is 4.14. The molecule has 0 atom stereocenters. The molecule has 0 aliphatic rings. The molecule has 0 aromatic carbocycles. The summed E-state index contributed by atoms with van der Waals surface area (Å²) in [6, 6.07) is 0. The van der Waals surface area contributed by atoms with Gasteiger partial charge in [0.05, 0.1) is 6.61 Å². The summed E-state index contributed by atoms with van der Waals surface area (Å²) in [7, 11) is 1.59. The van der Waals surface area contributed by atoms with Crippen molar-refractivity contribution in [2.24, 2.45) is 0 Å². The Hall–Kier alpha value is -1.66. The minimum Gasteiger partial charge on any atom is -0.481 e. The van der Waals surface area contributed by atoms with Crippen LogP contribution < -0.4 is 0 Å². The maximum absolute atomic E-state index is 11.2. The highest BCUT2D eigenvalue weighted by Gasteiger charge is 2.01. The van der Waals surface area contributed by atoms with Crippen LogP contribution in [0.1, 0.15) is 97.3 Å². The fourth-order valence-corrected chi connectivity index (χ4v) is 2.49. The Kier molecular flexibility index (Phi) is 38.2. The second-order valence-electron chi connectivity index (χ2n) is 6.80. The van der Waals surface area contributed by atoms with E-state index in [2.05, 4.69) is 13.2 Å². The van der Waals surface area contributed by atoms with Gasteiger partial charge in [0.1, 0.15) is 6.61 Å². The van der Waals surface area contributed by atoms with E-state index in [1.54, 1.807) is 7.11 Å². The lowest BCUT2D eigenvalue weighted by molar-refractivity contribution is -0.145. The molecule has 0 radical (unpaired) electrons. The van der Waals surface area contributed by atoms with E-state index in [4.69, 9.17) is 14.6 Å². The van der Waals surface area contributed by atoms with Crippen molar-refractivity contribution >= 4 is 11.9 Å². The second-order valence-corrected chi connectivity index (χ2v) is 6.80. The molecule has 0 fully saturated rings. The highest BCUT2D eigenvalue weighted by Crippen LogP contribution is 2.08. The number of methoxy groups -OCH3 is 1. The summed E-state index contributed by atoms with van der Waals surface area (Å²) in [6.45, 7) is 8.17. The maximum atomic E-state index is 11.2. The van der Waals surface area contributed by atoms with Crippen LogP contribution in [0.2, 0.25) is 0 Å². The minimum atomic E-state index is -0.680. The number of aliphatic carboxylic acids is 1. The number of rotatable bonds is 19. The average molecular weight is 433 g/mol. The maximum Gasteiger partial charge on any atom is 0.305 e. The first kappa shape index (κ1) is 35.8. The Morgan fingerprint density at radius 2 is 1.20 bits per heavy atom. The Morgan fingerprint density at radius 1 is 0.767 bits per heavy atom. The van der Waals surface area contributed by atoms with Gasteiger partial charge < -0.3 is 20.1 Å². The molecule has 6 heteroatoms. The van der Waals surface area contributed by atoms with Gasteiger partial charge in [-0.05, 0) is 38.5 Å². The molecule has 3 N–H and O–H groups in total. The van der Waals surface area contributed by atoms with Crippen LogP contribution in [0, 0.1) is 0 Å². The fraction of sp³-hybridized carbons (Fsp3) is 0.750. The molecule has 0 amide bonds. The van der Waals surface area contributed by atoms with Crippen LogP contribution in [0.15, 0.2) is 25.3 Å². The molecule has 0 saturated carbocycles. The highest BCUT2D eigenvalue weighted by atomic mass is 16.6. The van der Waals surface area contributed by atoms with Crippen LogP contribution >= 0.6 is 0 Å². The summed E-state index contributed by atoms with van der Waals surface area (Å²) in [6.07, 6.45) is 18.0. The SMILES string of the molecule is C.C=CCCCCCCCC(=O)O.C=CCCCCCCCC(=O)OCCOC.O. The third kappa shape index (κ3) is 37.1. The van der Waals surface area contributed by atoms with Gasteiger partial charge in [0, 0.05) is 20.0 Å². The number of unbranched alkanes of at least 4 members (excludes halogenated alkanes) is 10. The molecule has 0 aromatic rings. The van der Waals surface area contributed by atoms with Crippen LogP contribution in [0.5, 0.6) is 0 Å². The van der Waals surface area contributed by atoms with Gasteiger partial charge in [0.15, 0.2) is 0 Å². The Labute approximate surface area is 185 Å². The van der Waals surface area contributed by atoms with Gasteiger partial charge in [-0.1, -0.05) is 58.1 Å². The molecular weight excluding hydrogens is 384 g/mol. The first-order valence-electron chi connectivity index (χ1n) is 10.7. The van der Waals surface area contributed by atoms with E-state index in [-0.39, 0.29) is 18.9 Å². The van der Waals surface area contributed by atoms with Gasteiger partial charge in [-0.3, -0.25) is 9.59 Å². The fourth-order valence-electron chi connectivity index (χ4n) is 2.49. The summed E-state index contributed by atoms with van der Waals surface area (Å²) >= 11 is 0. The zero-order valence-electron chi connectivity index (χ0n) is 18.5. The molecule has 0 unspecified atom stereocenters. The summed E-state index contributed by atoms with van der Waals surface area (Å²) in [5.74, 6) is -0.788. The molecular formula is C24H48O6. The smallest absolute Gasteiger partial charge is 0.305 e. The molecule has 0 saturated heterocycles. The van der Waals surface area contributed by atoms with Crippen molar-refractivity contribution in [3.8, 4) is 0 Å². The minimum absolute atomic E-state index is 0. The molecule has 30 heavy (non-hydrogen) atoms. The van der Waals surface area contributed by atoms with E-state index in [0.29, 0.717) is 26.1 Å². The highest BCUT2D eigenvalue weighted by molar-refractivity contribution is 5.69. The molecule has 0 aliphatic heterocycles. The first-order valence-corrected chi connectivity index (χ1v) is 10.7. The van der Waals surface area contributed by atoms with Crippen molar-refractivity contribution in [2.45, 2.75) is 97.3 Å². The molecule has 0 bridgehead atoms. The summed E-state index contributed by atoms with van der Waals surface area (Å²) in [5.41, 5.74) is 0. The zero-order valence-corrected chi connectivity index (χ0v) is 18.5. The molecule has 180 valence electrons. The van der Waals surface area contributed by atoms with E-state index >= 15 is 0 Å². The zero-order chi connectivity index (χ0) is 21.3. The summed E-state index contributed by atoms with van der Waals surface area (Å²) in [5, 5.41) is 8.34. The topological polar surface area (TPSA) is 104 Å². The van der Waals surface area contributed by atoms with Crippen molar-refractivity contribution in [1.82, 2.24) is 0 Å². The van der Waals surface area contributed by atoms with Crippen LogP contribution in [-0.4, -0.2) is 42.8 Å². The van der Waals surface area contributed by atoms with E-state index < -0.39 is 5.97 Å². The normalized spacial score (nSPS) is 9.23. The summed E-state index contributed by atoms with van der Waals surface area (Å²) in [4.78, 5) is 21.3. The van der Waals surface area contributed by atoms with Crippen LogP contribution in [0.4, 0.5) is 0 Å². The predicted molar refractivity (Wildman–Crippen MR) is 126 cm³/mol. The molecule has 0 aliphatic carbocycles. The number of esters is 1. The van der Waals surface area contributed by atoms with E-state index in [1.807, 2.05) is 12.2 Å². The first-order chi connectivity index (χ1) is 13.6.